The Bertz CT molecular complexity index is 957. The Morgan fingerprint density at radius 2 is 1.89 bits per heavy atom. The summed E-state index contributed by atoms with van der Waals surface area (Å²) in [5.41, 5.74) is 4.51. The number of carbonyl (C=O) groups is 1. The molecule has 0 radical (unpaired) electrons. The molecule has 2 unspecified atom stereocenters. The van der Waals surface area contributed by atoms with E-state index in [9.17, 15) is 4.79 Å². The van der Waals surface area contributed by atoms with Gasteiger partial charge in [0.05, 0.1) is 18.8 Å². The second kappa shape index (κ2) is 13.7. The van der Waals surface area contributed by atoms with Crippen LogP contribution in [0.2, 0.25) is 0 Å². The first-order valence-electron chi connectivity index (χ1n) is 14.0. The smallest absolute Gasteiger partial charge is 0.311 e. The van der Waals surface area contributed by atoms with Crippen LogP contribution in [0.25, 0.3) is 5.57 Å². The number of hydrogen-bond acceptors (Lipinski definition) is 6. The summed E-state index contributed by atoms with van der Waals surface area (Å²) in [6, 6.07) is 4.36. The van der Waals surface area contributed by atoms with Crippen LogP contribution in [-0.2, 0) is 9.53 Å². The van der Waals surface area contributed by atoms with Gasteiger partial charge in [-0.1, -0.05) is 46.5 Å². The molecule has 208 valence electrons. The minimum absolute atomic E-state index is 0. The Morgan fingerprint density at radius 1 is 1.14 bits per heavy atom. The van der Waals surface area contributed by atoms with Gasteiger partial charge in [-0.05, 0) is 67.5 Å². The van der Waals surface area contributed by atoms with E-state index in [0.717, 1.165) is 62.1 Å². The zero-order valence-corrected chi connectivity index (χ0v) is 25.0. The fourth-order valence-corrected chi connectivity index (χ4v) is 6.95. The summed E-state index contributed by atoms with van der Waals surface area (Å²) >= 11 is 1.92. The van der Waals surface area contributed by atoms with Gasteiger partial charge in [0.2, 0.25) is 0 Å². The van der Waals surface area contributed by atoms with Crippen LogP contribution in [0.15, 0.2) is 17.7 Å². The molecule has 3 aliphatic rings. The van der Waals surface area contributed by atoms with Crippen molar-refractivity contribution >= 4 is 35.7 Å². The zero-order valence-electron chi connectivity index (χ0n) is 23.4. The number of carbonyl (C=O) groups excluding carboxylic acids is 1. The number of ether oxygens (including phenoxy) is 3. The molecule has 1 aromatic carbocycles. The molecule has 0 amide bonds. The number of fused-ring (bicyclic) bond motifs is 2. The van der Waals surface area contributed by atoms with Gasteiger partial charge in [-0.2, -0.15) is 11.8 Å². The molecule has 0 bridgehead atoms. The van der Waals surface area contributed by atoms with Crippen molar-refractivity contribution in [2.24, 2.45) is 5.92 Å². The highest BCUT2D eigenvalue weighted by Crippen LogP contribution is 2.51. The van der Waals surface area contributed by atoms with Crippen molar-refractivity contribution in [3.05, 3.63) is 28.8 Å². The Hall–Kier alpha value is -1.21. The molecule has 37 heavy (non-hydrogen) atoms. The monoisotopic (exact) mass is 551 g/mol. The van der Waals surface area contributed by atoms with Crippen molar-refractivity contribution in [1.29, 1.82) is 0 Å². The molecule has 1 aromatic rings. The molecule has 0 N–H and O–H groups in total. The van der Waals surface area contributed by atoms with E-state index in [0.29, 0.717) is 24.0 Å². The lowest BCUT2D eigenvalue weighted by atomic mass is 9.82. The third-order valence-corrected chi connectivity index (χ3v) is 9.15. The van der Waals surface area contributed by atoms with Gasteiger partial charge in [0, 0.05) is 31.0 Å². The molecule has 1 saturated heterocycles. The number of unbranched alkanes of at least 4 members (excludes halogenated alkanes) is 2. The predicted octanol–water partition coefficient (Wildman–Crippen LogP) is 7.12. The van der Waals surface area contributed by atoms with Crippen LogP contribution in [0.5, 0.6) is 11.5 Å². The van der Waals surface area contributed by atoms with Crippen molar-refractivity contribution in [2.45, 2.75) is 84.7 Å². The molecule has 5 nitrogen and oxygen atoms in total. The summed E-state index contributed by atoms with van der Waals surface area (Å²) < 4.78 is 18.2. The lowest BCUT2D eigenvalue weighted by molar-refractivity contribution is -0.134. The number of benzene rings is 1. The SMILES string of the molecule is CCCCCC(C)C(C)c1cc(OC(=O)CCCN2CCOCC2)c2c(c1)OC(C)(C)C1=C2CSC1.Cl. The van der Waals surface area contributed by atoms with Gasteiger partial charge in [-0.15, -0.1) is 12.4 Å². The van der Waals surface area contributed by atoms with Crippen LogP contribution in [0.4, 0.5) is 0 Å². The van der Waals surface area contributed by atoms with E-state index >= 15 is 0 Å². The summed E-state index contributed by atoms with van der Waals surface area (Å²) in [5.74, 6) is 4.26. The van der Waals surface area contributed by atoms with Gasteiger partial charge in [0.25, 0.3) is 0 Å². The van der Waals surface area contributed by atoms with Crippen molar-refractivity contribution < 1.29 is 19.0 Å². The standard InChI is InChI=1S/C30H45NO4S.ClH/c1-6-7-8-10-21(2)22(3)23-17-26(34-28(32)11-9-12-31-13-15-33-16-14-31)29-24-19-36-20-25(24)30(4,5)35-27(29)18-23;/h17-18,21-22H,6-16,19-20H2,1-5H3;1H. The van der Waals surface area contributed by atoms with Crippen molar-refractivity contribution in [2.75, 3.05) is 44.4 Å². The average molecular weight is 552 g/mol. The molecule has 2 atom stereocenters. The van der Waals surface area contributed by atoms with Gasteiger partial charge in [-0.25, -0.2) is 0 Å². The first-order chi connectivity index (χ1) is 17.3. The fourth-order valence-electron chi connectivity index (χ4n) is 5.60. The maximum Gasteiger partial charge on any atom is 0.311 e. The number of halogens is 1. The Morgan fingerprint density at radius 3 is 2.62 bits per heavy atom. The van der Waals surface area contributed by atoms with Crippen LogP contribution < -0.4 is 9.47 Å². The number of nitrogens with zero attached hydrogens (tertiary/aromatic N) is 1. The number of rotatable bonds is 11. The van der Waals surface area contributed by atoms with Crippen LogP contribution in [0.3, 0.4) is 0 Å². The van der Waals surface area contributed by atoms with Crippen molar-refractivity contribution in [1.82, 2.24) is 4.90 Å². The highest BCUT2D eigenvalue weighted by molar-refractivity contribution is 8.00. The Labute approximate surface area is 234 Å². The van der Waals surface area contributed by atoms with E-state index in [4.69, 9.17) is 14.2 Å². The van der Waals surface area contributed by atoms with Gasteiger partial charge in [-0.3, -0.25) is 9.69 Å². The number of thioether (sulfide) groups is 1. The van der Waals surface area contributed by atoms with Gasteiger partial charge >= 0.3 is 5.97 Å². The molecule has 0 spiro atoms. The summed E-state index contributed by atoms with van der Waals surface area (Å²) in [6.45, 7) is 15.6. The molecule has 4 rings (SSSR count). The third-order valence-electron chi connectivity index (χ3n) is 8.16. The Balaban J connectivity index is 0.00000380. The molecule has 1 fully saturated rings. The number of morpholine rings is 1. The summed E-state index contributed by atoms with van der Waals surface area (Å²) in [6.07, 6.45) is 6.21. The summed E-state index contributed by atoms with van der Waals surface area (Å²) in [4.78, 5) is 15.4. The molecule has 3 heterocycles. The zero-order chi connectivity index (χ0) is 25.7. The lowest BCUT2D eigenvalue weighted by Crippen LogP contribution is -2.37. The Kier molecular flexibility index (Phi) is 11.3. The first kappa shape index (κ1) is 30.3. The van der Waals surface area contributed by atoms with Gasteiger partial charge < -0.3 is 14.2 Å². The molecule has 3 aliphatic heterocycles. The van der Waals surface area contributed by atoms with E-state index in [2.05, 4.69) is 51.7 Å². The molecule has 7 heteroatoms. The van der Waals surface area contributed by atoms with Crippen molar-refractivity contribution in [3.63, 3.8) is 0 Å². The minimum Gasteiger partial charge on any atom is -0.483 e. The first-order valence-corrected chi connectivity index (χ1v) is 15.1. The largest absolute Gasteiger partial charge is 0.483 e. The summed E-state index contributed by atoms with van der Waals surface area (Å²) in [7, 11) is 0. The summed E-state index contributed by atoms with van der Waals surface area (Å²) in [5, 5.41) is 0. The maximum atomic E-state index is 13.0. The lowest BCUT2D eigenvalue weighted by Gasteiger charge is -2.36. The van der Waals surface area contributed by atoms with E-state index in [1.165, 1.54) is 42.4 Å². The normalized spacial score (nSPS) is 20.4. The van der Waals surface area contributed by atoms with Crippen LogP contribution in [-0.4, -0.2) is 60.8 Å². The molecule has 0 aliphatic carbocycles. The fraction of sp³-hybridized carbons (Fsp3) is 0.700. The van der Waals surface area contributed by atoms with Crippen molar-refractivity contribution in [3.8, 4) is 11.5 Å². The molecular formula is C30H46ClNO4S. The van der Waals surface area contributed by atoms with Gasteiger partial charge in [0.1, 0.15) is 17.1 Å². The number of hydrogen-bond donors (Lipinski definition) is 0. The van der Waals surface area contributed by atoms with Crippen LogP contribution in [0, 0.1) is 5.92 Å². The molecule has 0 saturated carbocycles. The van der Waals surface area contributed by atoms with E-state index in [1.807, 2.05) is 11.8 Å². The van der Waals surface area contributed by atoms with E-state index < -0.39 is 0 Å². The highest BCUT2D eigenvalue weighted by atomic mass is 35.5. The number of esters is 1. The second-order valence-corrected chi connectivity index (χ2v) is 12.2. The van der Waals surface area contributed by atoms with E-state index in [-0.39, 0.29) is 24.0 Å². The quantitative estimate of drug-likeness (QED) is 0.166. The van der Waals surface area contributed by atoms with Gasteiger partial charge in [0.15, 0.2) is 0 Å². The minimum atomic E-state index is -0.333. The molecule has 0 aromatic heterocycles. The topological polar surface area (TPSA) is 48.0 Å². The van der Waals surface area contributed by atoms with Crippen LogP contribution in [0.1, 0.15) is 90.2 Å². The predicted molar refractivity (Wildman–Crippen MR) is 156 cm³/mol. The maximum absolute atomic E-state index is 13.0. The van der Waals surface area contributed by atoms with Crippen LogP contribution >= 0.6 is 24.2 Å². The molecular weight excluding hydrogens is 506 g/mol. The van der Waals surface area contributed by atoms with E-state index in [1.54, 1.807) is 0 Å². The second-order valence-electron chi connectivity index (χ2n) is 11.2. The average Bonchev–Trinajstić information content (AvgIpc) is 3.35. The highest BCUT2D eigenvalue weighted by Gasteiger charge is 2.39. The third kappa shape index (κ3) is 7.46.